The lowest BCUT2D eigenvalue weighted by atomic mass is 10.1. The second kappa shape index (κ2) is 8.30. The average molecular weight is 425 g/mol. The Labute approximate surface area is 186 Å². The number of aryl methyl sites for hydroxylation is 1. The number of rotatable bonds is 4. The summed E-state index contributed by atoms with van der Waals surface area (Å²) in [5, 5.41) is 3.40. The molecule has 1 aliphatic rings. The van der Waals surface area contributed by atoms with Crippen LogP contribution in [0.2, 0.25) is 0 Å². The minimum atomic E-state index is -0.229. The largest absolute Gasteiger partial charge is 0.342 e. The molecule has 0 bridgehead atoms. The van der Waals surface area contributed by atoms with Gasteiger partial charge >= 0.3 is 0 Å². The fourth-order valence-corrected chi connectivity index (χ4v) is 4.09. The van der Waals surface area contributed by atoms with Crippen LogP contribution < -0.4 is 15.8 Å². The fraction of sp³-hybridized carbons (Fsp3) is 0.192. The van der Waals surface area contributed by atoms with Crippen LogP contribution in [0.3, 0.4) is 0 Å². The van der Waals surface area contributed by atoms with Crippen LogP contribution in [-0.4, -0.2) is 28.5 Å². The molecule has 4 aromatic rings. The monoisotopic (exact) mass is 424 g/mol. The van der Waals surface area contributed by atoms with Crippen molar-refractivity contribution in [1.29, 1.82) is 0 Å². The van der Waals surface area contributed by atoms with Gasteiger partial charge in [-0.15, -0.1) is 0 Å². The molecule has 1 saturated heterocycles. The number of carbonyl (C=O) groups is 1. The summed E-state index contributed by atoms with van der Waals surface area (Å²) in [7, 11) is 0. The van der Waals surface area contributed by atoms with E-state index in [2.05, 4.69) is 10.2 Å². The topological polar surface area (TPSA) is 67.2 Å². The molecule has 0 spiro atoms. The number of fused-ring (bicyclic) bond motifs is 1. The van der Waals surface area contributed by atoms with Crippen molar-refractivity contribution < 1.29 is 4.79 Å². The van der Waals surface area contributed by atoms with Gasteiger partial charge in [-0.3, -0.25) is 9.59 Å². The van der Waals surface area contributed by atoms with Gasteiger partial charge in [0.05, 0.1) is 16.6 Å². The summed E-state index contributed by atoms with van der Waals surface area (Å²) in [5.41, 5.74) is 3.51. The van der Waals surface area contributed by atoms with Crippen LogP contribution in [-0.2, 0) is 0 Å². The third kappa shape index (κ3) is 3.75. The molecular formula is C26H24N4O2. The number of hydrogen-bond donors (Lipinski definition) is 1. The minimum Gasteiger partial charge on any atom is -0.342 e. The molecule has 6 heteroatoms. The zero-order valence-electron chi connectivity index (χ0n) is 17.9. The molecule has 2 heterocycles. The lowest BCUT2D eigenvalue weighted by molar-refractivity contribution is 0.102. The number of anilines is 2. The van der Waals surface area contributed by atoms with Gasteiger partial charge in [0.15, 0.2) is 0 Å². The molecule has 1 aliphatic heterocycles. The van der Waals surface area contributed by atoms with Crippen molar-refractivity contribution in [3.05, 3.63) is 94.3 Å². The first-order chi connectivity index (χ1) is 15.6. The molecule has 0 radical (unpaired) electrons. The van der Waals surface area contributed by atoms with E-state index in [0.717, 1.165) is 42.9 Å². The number of aromatic nitrogens is 2. The van der Waals surface area contributed by atoms with Crippen LogP contribution in [0.4, 0.5) is 11.6 Å². The lowest BCUT2D eigenvalue weighted by Gasteiger charge is -2.22. The first kappa shape index (κ1) is 20.0. The Morgan fingerprint density at radius 1 is 0.938 bits per heavy atom. The molecule has 32 heavy (non-hydrogen) atoms. The predicted octanol–water partition coefficient (Wildman–Crippen LogP) is 4.55. The van der Waals surface area contributed by atoms with Crippen molar-refractivity contribution in [2.75, 3.05) is 23.3 Å². The maximum atomic E-state index is 13.5. The number of hydrogen-bond acceptors (Lipinski definition) is 4. The molecule has 0 saturated carbocycles. The normalized spacial score (nSPS) is 13.5. The number of para-hydroxylation sites is 1. The molecule has 1 fully saturated rings. The Morgan fingerprint density at radius 3 is 2.38 bits per heavy atom. The molecule has 3 aromatic carbocycles. The molecule has 160 valence electrons. The summed E-state index contributed by atoms with van der Waals surface area (Å²) >= 11 is 0. The van der Waals surface area contributed by atoms with E-state index in [1.807, 2.05) is 61.5 Å². The van der Waals surface area contributed by atoms with Gasteiger partial charge < -0.3 is 10.2 Å². The molecule has 1 amide bonds. The van der Waals surface area contributed by atoms with Crippen LogP contribution in [0, 0.1) is 6.92 Å². The first-order valence-corrected chi connectivity index (χ1v) is 10.9. The van der Waals surface area contributed by atoms with E-state index < -0.39 is 0 Å². The van der Waals surface area contributed by atoms with Crippen LogP contribution >= 0.6 is 0 Å². The fourth-order valence-electron chi connectivity index (χ4n) is 4.09. The SMILES string of the molecule is Cc1ccc(NC(=O)c2ccc3c(=O)n(-c4ccccc4)c(N4CCCC4)nc3c2)cc1. The van der Waals surface area contributed by atoms with Crippen molar-refractivity contribution in [1.82, 2.24) is 9.55 Å². The summed E-state index contributed by atoms with van der Waals surface area (Å²) < 4.78 is 1.68. The molecule has 0 atom stereocenters. The van der Waals surface area contributed by atoms with Crippen LogP contribution in [0.5, 0.6) is 0 Å². The predicted molar refractivity (Wildman–Crippen MR) is 128 cm³/mol. The van der Waals surface area contributed by atoms with Crippen LogP contribution in [0.15, 0.2) is 77.6 Å². The molecule has 0 unspecified atom stereocenters. The Hall–Kier alpha value is -3.93. The number of nitrogens with one attached hydrogen (secondary N) is 1. The van der Waals surface area contributed by atoms with E-state index >= 15 is 0 Å². The lowest BCUT2D eigenvalue weighted by Crippen LogP contribution is -2.30. The number of benzene rings is 3. The Balaban J connectivity index is 1.59. The van der Waals surface area contributed by atoms with Crippen molar-refractivity contribution in [2.24, 2.45) is 0 Å². The maximum absolute atomic E-state index is 13.5. The third-order valence-corrected chi connectivity index (χ3v) is 5.83. The maximum Gasteiger partial charge on any atom is 0.267 e. The van der Waals surface area contributed by atoms with E-state index in [1.54, 1.807) is 22.8 Å². The Bertz CT molecular complexity index is 1340. The molecule has 1 aromatic heterocycles. The summed E-state index contributed by atoms with van der Waals surface area (Å²) in [6.45, 7) is 3.72. The summed E-state index contributed by atoms with van der Waals surface area (Å²) in [6, 6.07) is 22.3. The van der Waals surface area contributed by atoms with Gasteiger partial charge in [0.25, 0.3) is 11.5 Å². The highest BCUT2D eigenvalue weighted by molar-refractivity contribution is 6.06. The van der Waals surface area contributed by atoms with Crippen LogP contribution in [0.1, 0.15) is 28.8 Å². The van der Waals surface area contributed by atoms with Gasteiger partial charge in [-0.1, -0.05) is 35.9 Å². The highest BCUT2D eigenvalue weighted by Gasteiger charge is 2.21. The highest BCUT2D eigenvalue weighted by Crippen LogP contribution is 2.23. The first-order valence-electron chi connectivity index (χ1n) is 10.9. The average Bonchev–Trinajstić information content (AvgIpc) is 3.35. The third-order valence-electron chi connectivity index (χ3n) is 5.83. The number of amides is 1. The Kier molecular flexibility index (Phi) is 5.19. The highest BCUT2D eigenvalue weighted by atomic mass is 16.1. The molecular weight excluding hydrogens is 400 g/mol. The van der Waals surface area contributed by atoms with Crippen molar-refractivity contribution in [3.63, 3.8) is 0 Å². The van der Waals surface area contributed by atoms with Gasteiger partial charge in [0, 0.05) is 24.3 Å². The molecule has 6 nitrogen and oxygen atoms in total. The van der Waals surface area contributed by atoms with Gasteiger partial charge in [-0.05, 0) is 62.2 Å². The van der Waals surface area contributed by atoms with E-state index in [1.165, 1.54) is 0 Å². The van der Waals surface area contributed by atoms with Crippen molar-refractivity contribution >= 4 is 28.4 Å². The zero-order chi connectivity index (χ0) is 22.1. The van der Waals surface area contributed by atoms with Crippen molar-refractivity contribution in [2.45, 2.75) is 19.8 Å². The van der Waals surface area contributed by atoms with E-state index in [9.17, 15) is 9.59 Å². The second-order valence-corrected chi connectivity index (χ2v) is 8.13. The van der Waals surface area contributed by atoms with E-state index in [-0.39, 0.29) is 11.5 Å². The van der Waals surface area contributed by atoms with E-state index in [4.69, 9.17) is 4.98 Å². The van der Waals surface area contributed by atoms with Gasteiger partial charge in [-0.2, -0.15) is 0 Å². The minimum absolute atomic E-state index is 0.131. The summed E-state index contributed by atoms with van der Waals surface area (Å²) in [4.78, 5) is 33.3. The van der Waals surface area contributed by atoms with Gasteiger partial charge in [-0.25, -0.2) is 9.55 Å². The van der Waals surface area contributed by atoms with Crippen molar-refractivity contribution in [3.8, 4) is 5.69 Å². The standard InChI is InChI=1S/C26H24N4O2/c1-18-9-12-20(13-10-18)27-24(31)19-11-14-22-23(17-19)28-26(29-15-5-6-16-29)30(25(22)32)21-7-3-2-4-8-21/h2-4,7-14,17H,5-6,15-16H2,1H3,(H,27,31). The zero-order valence-corrected chi connectivity index (χ0v) is 17.9. The molecule has 5 rings (SSSR count). The van der Waals surface area contributed by atoms with Crippen LogP contribution in [0.25, 0.3) is 16.6 Å². The summed E-state index contributed by atoms with van der Waals surface area (Å²) in [5.74, 6) is 0.398. The van der Waals surface area contributed by atoms with Gasteiger partial charge in [0.1, 0.15) is 0 Å². The Morgan fingerprint density at radius 2 is 1.66 bits per heavy atom. The van der Waals surface area contributed by atoms with E-state index in [0.29, 0.717) is 22.4 Å². The van der Waals surface area contributed by atoms with Gasteiger partial charge in [0.2, 0.25) is 5.95 Å². The molecule has 1 N–H and O–H groups in total. The number of nitrogens with zero attached hydrogens (tertiary/aromatic N) is 3. The summed E-state index contributed by atoms with van der Waals surface area (Å²) in [6.07, 6.45) is 2.14. The molecule has 0 aliphatic carbocycles. The smallest absolute Gasteiger partial charge is 0.267 e. The quantitative estimate of drug-likeness (QED) is 0.522. The second-order valence-electron chi connectivity index (χ2n) is 8.13. The number of carbonyl (C=O) groups excluding carboxylic acids is 1.